The standard InChI is InChI=1S/C10H11FO4/c1-14-5-6-3-4-7(10(12)13)9(15-2)8(6)11/h3-4H,5H2,1-2H3,(H,12,13). The summed E-state index contributed by atoms with van der Waals surface area (Å²) in [7, 11) is 2.65. The molecule has 0 amide bonds. The van der Waals surface area contributed by atoms with Gasteiger partial charge in [-0.3, -0.25) is 0 Å². The average Bonchev–Trinajstić information content (AvgIpc) is 2.20. The van der Waals surface area contributed by atoms with Gasteiger partial charge in [-0.1, -0.05) is 6.07 Å². The largest absolute Gasteiger partial charge is 0.493 e. The van der Waals surface area contributed by atoms with Gasteiger partial charge in [0.2, 0.25) is 0 Å². The van der Waals surface area contributed by atoms with Crippen molar-refractivity contribution in [1.29, 1.82) is 0 Å². The van der Waals surface area contributed by atoms with E-state index in [1.54, 1.807) is 0 Å². The fraction of sp³-hybridized carbons (Fsp3) is 0.300. The molecule has 0 fully saturated rings. The van der Waals surface area contributed by atoms with Gasteiger partial charge in [-0.15, -0.1) is 0 Å². The Morgan fingerprint density at radius 2 is 2.13 bits per heavy atom. The van der Waals surface area contributed by atoms with Crippen molar-refractivity contribution in [3.63, 3.8) is 0 Å². The molecule has 0 saturated carbocycles. The number of carboxylic acids is 1. The minimum Gasteiger partial charge on any atom is -0.493 e. The van der Waals surface area contributed by atoms with E-state index in [1.807, 2.05) is 0 Å². The van der Waals surface area contributed by atoms with Gasteiger partial charge in [0.05, 0.1) is 13.7 Å². The summed E-state index contributed by atoms with van der Waals surface area (Å²) in [6.07, 6.45) is 0. The van der Waals surface area contributed by atoms with Gasteiger partial charge in [-0.25, -0.2) is 9.18 Å². The second-order valence-electron chi connectivity index (χ2n) is 2.86. The van der Waals surface area contributed by atoms with Crippen LogP contribution < -0.4 is 4.74 Å². The van der Waals surface area contributed by atoms with Crippen molar-refractivity contribution in [1.82, 2.24) is 0 Å². The van der Waals surface area contributed by atoms with Crippen LogP contribution in [0.3, 0.4) is 0 Å². The van der Waals surface area contributed by atoms with Crippen LogP contribution in [0.2, 0.25) is 0 Å². The van der Waals surface area contributed by atoms with Crippen LogP contribution in [0.1, 0.15) is 15.9 Å². The zero-order valence-electron chi connectivity index (χ0n) is 8.41. The maximum absolute atomic E-state index is 13.6. The number of methoxy groups -OCH3 is 2. The number of carboxylic acid groups (broad SMARTS) is 1. The zero-order chi connectivity index (χ0) is 11.4. The highest BCUT2D eigenvalue weighted by molar-refractivity contribution is 5.91. The van der Waals surface area contributed by atoms with Crippen LogP contribution in [-0.2, 0) is 11.3 Å². The lowest BCUT2D eigenvalue weighted by Crippen LogP contribution is -2.05. The van der Waals surface area contributed by atoms with Crippen LogP contribution in [0.5, 0.6) is 5.75 Å². The number of ether oxygens (including phenoxy) is 2. The molecule has 0 saturated heterocycles. The molecule has 15 heavy (non-hydrogen) atoms. The lowest BCUT2D eigenvalue weighted by molar-refractivity contribution is 0.0692. The van der Waals surface area contributed by atoms with Crippen molar-refractivity contribution in [3.8, 4) is 5.75 Å². The molecular formula is C10H11FO4. The van der Waals surface area contributed by atoms with Gasteiger partial charge in [0.1, 0.15) is 5.56 Å². The molecule has 5 heteroatoms. The molecule has 0 spiro atoms. The van der Waals surface area contributed by atoms with E-state index in [1.165, 1.54) is 26.4 Å². The molecule has 0 aliphatic rings. The molecule has 4 nitrogen and oxygen atoms in total. The quantitative estimate of drug-likeness (QED) is 0.828. The van der Waals surface area contributed by atoms with Gasteiger partial charge in [0.25, 0.3) is 0 Å². The third kappa shape index (κ3) is 2.24. The third-order valence-electron chi connectivity index (χ3n) is 1.91. The van der Waals surface area contributed by atoms with Crippen LogP contribution in [0.4, 0.5) is 4.39 Å². The molecule has 0 radical (unpaired) electrons. The van der Waals surface area contributed by atoms with Gasteiger partial charge >= 0.3 is 5.97 Å². The number of aromatic carboxylic acids is 1. The van der Waals surface area contributed by atoms with E-state index in [-0.39, 0.29) is 23.5 Å². The lowest BCUT2D eigenvalue weighted by Gasteiger charge is -2.09. The van der Waals surface area contributed by atoms with Gasteiger partial charge in [-0.05, 0) is 6.07 Å². The second kappa shape index (κ2) is 4.75. The molecule has 1 rings (SSSR count). The number of halogens is 1. The highest BCUT2D eigenvalue weighted by atomic mass is 19.1. The molecule has 0 bridgehead atoms. The Balaban J connectivity index is 3.26. The van der Waals surface area contributed by atoms with Crippen molar-refractivity contribution in [2.24, 2.45) is 0 Å². The highest BCUT2D eigenvalue weighted by Gasteiger charge is 2.18. The van der Waals surface area contributed by atoms with E-state index in [9.17, 15) is 9.18 Å². The number of hydrogen-bond donors (Lipinski definition) is 1. The first-order chi connectivity index (χ1) is 7.11. The minimum atomic E-state index is -1.23. The fourth-order valence-electron chi connectivity index (χ4n) is 1.23. The Labute approximate surface area is 86.2 Å². The summed E-state index contributed by atoms with van der Waals surface area (Å²) < 4.78 is 23.1. The van der Waals surface area contributed by atoms with Crippen molar-refractivity contribution in [2.45, 2.75) is 6.61 Å². The van der Waals surface area contributed by atoms with E-state index in [0.717, 1.165) is 0 Å². The molecule has 1 N–H and O–H groups in total. The Morgan fingerprint density at radius 1 is 1.47 bits per heavy atom. The van der Waals surface area contributed by atoms with Crippen molar-refractivity contribution in [2.75, 3.05) is 14.2 Å². The normalized spacial score (nSPS) is 10.1. The van der Waals surface area contributed by atoms with E-state index in [4.69, 9.17) is 14.6 Å². The molecule has 1 aromatic rings. The molecular weight excluding hydrogens is 203 g/mol. The summed E-state index contributed by atoms with van der Waals surface area (Å²) in [6.45, 7) is 0.0715. The summed E-state index contributed by atoms with van der Waals surface area (Å²) >= 11 is 0. The van der Waals surface area contributed by atoms with E-state index < -0.39 is 11.8 Å². The SMILES string of the molecule is COCc1ccc(C(=O)O)c(OC)c1F. The third-order valence-corrected chi connectivity index (χ3v) is 1.91. The van der Waals surface area contributed by atoms with E-state index in [2.05, 4.69) is 0 Å². The smallest absolute Gasteiger partial charge is 0.339 e. The Bertz CT molecular complexity index is 376. The van der Waals surface area contributed by atoms with Gasteiger partial charge in [0.15, 0.2) is 11.6 Å². The van der Waals surface area contributed by atoms with Crippen molar-refractivity contribution in [3.05, 3.63) is 29.1 Å². The lowest BCUT2D eigenvalue weighted by atomic mass is 10.1. The van der Waals surface area contributed by atoms with Crippen LogP contribution in [0.15, 0.2) is 12.1 Å². The summed E-state index contributed by atoms with van der Waals surface area (Å²) in [4.78, 5) is 10.7. The number of benzene rings is 1. The van der Waals surface area contributed by atoms with Crippen LogP contribution >= 0.6 is 0 Å². The summed E-state index contributed by atoms with van der Waals surface area (Å²) in [5, 5.41) is 8.76. The zero-order valence-corrected chi connectivity index (χ0v) is 8.41. The Morgan fingerprint density at radius 3 is 2.60 bits per heavy atom. The van der Waals surface area contributed by atoms with Crippen molar-refractivity contribution < 1.29 is 23.8 Å². The molecule has 0 unspecified atom stereocenters. The fourth-order valence-corrected chi connectivity index (χ4v) is 1.23. The predicted molar refractivity (Wildman–Crippen MR) is 50.6 cm³/mol. The van der Waals surface area contributed by atoms with Crippen LogP contribution in [-0.4, -0.2) is 25.3 Å². The first-order valence-electron chi connectivity index (χ1n) is 4.19. The topological polar surface area (TPSA) is 55.8 Å². The maximum atomic E-state index is 13.6. The monoisotopic (exact) mass is 214 g/mol. The minimum absolute atomic E-state index is 0.0715. The first kappa shape index (κ1) is 11.5. The highest BCUT2D eigenvalue weighted by Crippen LogP contribution is 2.26. The summed E-state index contributed by atoms with van der Waals surface area (Å²) in [5.74, 6) is -2.19. The number of carbonyl (C=O) groups is 1. The Hall–Kier alpha value is -1.62. The number of rotatable bonds is 4. The molecule has 82 valence electrons. The molecule has 1 aromatic carbocycles. The number of hydrogen-bond acceptors (Lipinski definition) is 3. The molecule has 0 aliphatic carbocycles. The van der Waals surface area contributed by atoms with Crippen LogP contribution in [0, 0.1) is 5.82 Å². The van der Waals surface area contributed by atoms with E-state index in [0.29, 0.717) is 0 Å². The predicted octanol–water partition coefficient (Wildman–Crippen LogP) is 1.68. The average molecular weight is 214 g/mol. The second-order valence-corrected chi connectivity index (χ2v) is 2.86. The van der Waals surface area contributed by atoms with Gasteiger partial charge in [0, 0.05) is 12.7 Å². The van der Waals surface area contributed by atoms with Gasteiger partial charge < -0.3 is 14.6 Å². The van der Waals surface area contributed by atoms with Crippen LogP contribution in [0.25, 0.3) is 0 Å². The molecule has 0 aliphatic heterocycles. The molecule has 0 aromatic heterocycles. The summed E-state index contributed by atoms with van der Waals surface area (Å²) in [5.41, 5.74) is 0.0641. The maximum Gasteiger partial charge on any atom is 0.339 e. The Kier molecular flexibility index (Phi) is 3.62. The first-order valence-corrected chi connectivity index (χ1v) is 4.19. The van der Waals surface area contributed by atoms with Gasteiger partial charge in [-0.2, -0.15) is 0 Å². The molecule has 0 atom stereocenters. The molecule has 0 heterocycles. The summed E-state index contributed by atoms with van der Waals surface area (Å²) in [6, 6.07) is 2.66. The van der Waals surface area contributed by atoms with Crippen molar-refractivity contribution >= 4 is 5.97 Å². The van der Waals surface area contributed by atoms with E-state index >= 15 is 0 Å².